The van der Waals surface area contributed by atoms with Crippen LogP contribution in [-0.4, -0.2) is 30.7 Å². The van der Waals surface area contributed by atoms with Gasteiger partial charge < -0.3 is 9.64 Å². The van der Waals surface area contributed by atoms with Crippen molar-refractivity contribution in [2.45, 2.75) is 26.4 Å². The molecule has 2 rings (SSSR count). The molecule has 112 valence electrons. The van der Waals surface area contributed by atoms with E-state index >= 15 is 0 Å². The van der Waals surface area contributed by atoms with Crippen molar-refractivity contribution in [1.82, 2.24) is 0 Å². The van der Waals surface area contributed by atoms with Crippen LogP contribution in [0.4, 0.5) is 16.2 Å². The number of carbonyl (C=O) groups is 2. The molecule has 0 atom stereocenters. The summed E-state index contributed by atoms with van der Waals surface area (Å²) >= 11 is 0. The van der Waals surface area contributed by atoms with Crippen LogP contribution in [0.3, 0.4) is 0 Å². The minimum Gasteiger partial charge on any atom is -0.443 e. The predicted molar refractivity (Wildman–Crippen MR) is 82.6 cm³/mol. The first-order valence-electron chi connectivity index (χ1n) is 6.87. The van der Waals surface area contributed by atoms with E-state index in [9.17, 15) is 9.59 Å². The zero-order chi connectivity index (χ0) is 15.6. The van der Waals surface area contributed by atoms with Crippen LogP contribution in [0.25, 0.3) is 0 Å². The van der Waals surface area contributed by atoms with Gasteiger partial charge in [-0.2, -0.15) is 0 Å². The lowest BCUT2D eigenvalue weighted by Crippen LogP contribution is -2.47. The maximum absolute atomic E-state index is 12.3. The molecule has 0 saturated carbocycles. The molecule has 1 aliphatic rings. The predicted octanol–water partition coefficient (Wildman–Crippen LogP) is 2.96. The Morgan fingerprint density at radius 1 is 1.14 bits per heavy atom. The molecule has 0 unspecified atom stereocenters. The van der Waals surface area contributed by atoms with Crippen LogP contribution in [0, 0.1) is 0 Å². The van der Waals surface area contributed by atoms with Crippen molar-refractivity contribution in [2.24, 2.45) is 0 Å². The van der Waals surface area contributed by atoms with Crippen molar-refractivity contribution in [3.8, 4) is 0 Å². The van der Waals surface area contributed by atoms with Crippen molar-refractivity contribution >= 4 is 23.4 Å². The summed E-state index contributed by atoms with van der Waals surface area (Å²) in [5.41, 5.74) is 0.813. The Bertz CT molecular complexity index is 575. The van der Waals surface area contributed by atoms with E-state index in [1.165, 1.54) is 6.08 Å². The van der Waals surface area contributed by atoms with Gasteiger partial charge in [0.1, 0.15) is 5.60 Å². The third-order valence-electron chi connectivity index (χ3n) is 3.07. The molecule has 1 aliphatic heterocycles. The van der Waals surface area contributed by atoms with E-state index in [0.29, 0.717) is 24.5 Å². The molecule has 1 aromatic carbocycles. The van der Waals surface area contributed by atoms with Gasteiger partial charge in [-0.25, -0.2) is 4.79 Å². The fourth-order valence-electron chi connectivity index (χ4n) is 2.21. The van der Waals surface area contributed by atoms with Crippen LogP contribution in [0.5, 0.6) is 0 Å². The molecule has 0 aromatic heterocycles. The quantitative estimate of drug-likeness (QED) is 0.746. The molecule has 0 spiro atoms. The lowest BCUT2D eigenvalue weighted by Gasteiger charge is -2.36. The third-order valence-corrected chi connectivity index (χ3v) is 3.07. The number of ether oxygens (including phenoxy) is 1. The zero-order valence-corrected chi connectivity index (χ0v) is 12.6. The second-order valence-corrected chi connectivity index (χ2v) is 5.81. The molecule has 2 amide bonds. The number of anilines is 2. The largest absolute Gasteiger partial charge is 0.443 e. The summed E-state index contributed by atoms with van der Waals surface area (Å²) in [5.74, 6) is -0.175. The smallest absolute Gasteiger partial charge is 0.414 e. The first-order valence-corrected chi connectivity index (χ1v) is 6.87. The normalized spacial score (nSPS) is 14.4. The third kappa shape index (κ3) is 3.24. The summed E-state index contributed by atoms with van der Waals surface area (Å²) < 4.78 is 5.42. The van der Waals surface area contributed by atoms with Crippen molar-refractivity contribution in [1.29, 1.82) is 0 Å². The van der Waals surface area contributed by atoms with Crippen molar-refractivity contribution in [2.75, 3.05) is 22.9 Å². The number of hydrogen-bond acceptors (Lipinski definition) is 3. The number of rotatable bonds is 1. The summed E-state index contributed by atoms with van der Waals surface area (Å²) in [4.78, 5) is 27.4. The number of fused-ring (bicyclic) bond motifs is 1. The summed E-state index contributed by atoms with van der Waals surface area (Å²) in [5, 5.41) is 0. The van der Waals surface area contributed by atoms with E-state index in [1.807, 2.05) is 45.0 Å². The highest BCUT2D eigenvalue weighted by Crippen LogP contribution is 2.33. The molecule has 5 nitrogen and oxygen atoms in total. The topological polar surface area (TPSA) is 49.9 Å². The first-order chi connectivity index (χ1) is 9.83. The molecule has 0 bridgehead atoms. The molecule has 0 radical (unpaired) electrons. The van der Waals surface area contributed by atoms with Gasteiger partial charge in [-0.05, 0) is 39.0 Å². The van der Waals surface area contributed by atoms with Crippen LogP contribution >= 0.6 is 0 Å². The molecular formula is C16H20N2O3. The van der Waals surface area contributed by atoms with Crippen molar-refractivity contribution < 1.29 is 14.3 Å². The van der Waals surface area contributed by atoms with Gasteiger partial charge in [0.15, 0.2) is 0 Å². The Kier molecular flexibility index (Phi) is 4.02. The van der Waals surface area contributed by atoms with Crippen molar-refractivity contribution in [3.05, 3.63) is 36.9 Å². The summed E-state index contributed by atoms with van der Waals surface area (Å²) in [6, 6.07) is 7.29. The Morgan fingerprint density at radius 3 is 2.19 bits per heavy atom. The Balaban J connectivity index is 2.33. The average Bonchev–Trinajstić information content (AvgIpc) is 2.43. The molecule has 21 heavy (non-hydrogen) atoms. The van der Waals surface area contributed by atoms with Crippen LogP contribution < -0.4 is 9.80 Å². The Labute approximate surface area is 124 Å². The highest BCUT2D eigenvalue weighted by Gasteiger charge is 2.31. The minimum absolute atomic E-state index is 0.175. The average molecular weight is 288 g/mol. The first kappa shape index (κ1) is 15.1. The molecule has 0 fully saturated rings. The minimum atomic E-state index is -0.555. The molecule has 0 saturated heterocycles. The summed E-state index contributed by atoms with van der Waals surface area (Å²) in [6.07, 6.45) is 0.876. The van der Waals surface area contributed by atoms with Gasteiger partial charge >= 0.3 is 6.09 Å². The van der Waals surface area contributed by atoms with Crippen LogP contribution in [-0.2, 0) is 9.53 Å². The van der Waals surface area contributed by atoms with Crippen LogP contribution in [0.1, 0.15) is 20.8 Å². The number of nitrogens with zero attached hydrogens (tertiary/aromatic N) is 2. The summed E-state index contributed by atoms with van der Waals surface area (Å²) in [7, 11) is 0. The monoisotopic (exact) mass is 288 g/mol. The molecule has 1 heterocycles. The molecule has 5 heteroatoms. The van der Waals surface area contributed by atoms with Crippen molar-refractivity contribution in [3.63, 3.8) is 0 Å². The number of benzene rings is 1. The number of amides is 2. The summed E-state index contributed by atoms with van der Waals surface area (Å²) in [6.45, 7) is 9.81. The van der Waals surface area contributed by atoms with E-state index in [4.69, 9.17) is 4.74 Å². The molecule has 0 N–H and O–H groups in total. The fourth-order valence-corrected chi connectivity index (χ4v) is 2.21. The maximum atomic E-state index is 12.3. The van der Waals surface area contributed by atoms with E-state index in [2.05, 4.69) is 6.58 Å². The van der Waals surface area contributed by atoms with Gasteiger partial charge in [-0.3, -0.25) is 9.69 Å². The van der Waals surface area contributed by atoms with E-state index in [-0.39, 0.29) is 5.91 Å². The van der Waals surface area contributed by atoms with Gasteiger partial charge in [-0.15, -0.1) is 0 Å². The van der Waals surface area contributed by atoms with E-state index in [0.717, 1.165) is 0 Å². The van der Waals surface area contributed by atoms with Gasteiger partial charge in [0.2, 0.25) is 0 Å². The van der Waals surface area contributed by atoms with E-state index in [1.54, 1.807) is 9.80 Å². The highest BCUT2D eigenvalue weighted by atomic mass is 16.6. The second-order valence-electron chi connectivity index (χ2n) is 5.81. The lowest BCUT2D eigenvalue weighted by molar-refractivity contribution is -0.114. The Hall–Kier alpha value is -2.30. The molecule has 1 aromatic rings. The number of hydrogen-bond donors (Lipinski definition) is 0. The molecular weight excluding hydrogens is 268 g/mol. The Morgan fingerprint density at radius 2 is 1.67 bits per heavy atom. The maximum Gasteiger partial charge on any atom is 0.414 e. The number of para-hydroxylation sites is 2. The van der Waals surface area contributed by atoms with Gasteiger partial charge in [-0.1, -0.05) is 18.7 Å². The van der Waals surface area contributed by atoms with Gasteiger partial charge in [0, 0.05) is 13.1 Å². The van der Waals surface area contributed by atoms with Crippen LogP contribution in [0.15, 0.2) is 36.9 Å². The van der Waals surface area contributed by atoms with Crippen LogP contribution in [0.2, 0.25) is 0 Å². The van der Waals surface area contributed by atoms with E-state index < -0.39 is 11.7 Å². The molecule has 0 aliphatic carbocycles. The number of carbonyl (C=O) groups excluding carboxylic acids is 2. The zero-order valence-electron chi connectivity index (χ0n) is 12.6. The SMILES string of the molecule is C=CC(=O)N1CCN(C(=O)OC(C)(C)C)c2ccccc21. The van der Waals surface area contributed by atoms with Gasteiger partial charge in [0.05, 0.1) is 11.4 Å². The fraction of sp³-hybridized carbons (Fsp3) is 0.375. The second kappa shape index (κ2) is 5.60. The highest BCUT2D eigenvalue weighted by molar-refractivity contribution is 6.06. The lowest BCUT2D eigenvalue weighted by atomic mass is 10.1. The standard InChI is InChI=1S/C16H20N2O3/c1-5-14(19)17-10-11-18(15(20)21-16(2,3)4)13-9-7-6-8-12(13)17/h5-9H,1,10-11H2,2-4H3. The van der Waals surface area contributed by atoms with Gasteiger partial charge in [0.25, 0.3) is 5.91 Å².